The lowest BCUT2D eigenvalue weighted by molar-refractivity contribution is 0.117. The second-order valence-electron chi connectivity index (χ2n) is 8.31. The van der Waals surface area contributed by atoms with Crippen molar-refractivity contribution in [3.05, 3.63) is 0 Å². The van der Waals surface area contributed by atoms with Gasteiger partial charge >= 0.3 is 14.8 Å². The van der Waals surface area contributed by atoms with Crippen LogP contribution in [0.2, 0.25) is 5.28 Å². The maximum absolute atomic E-state index is 6.61. The number of unbranched alkanes of at least 4 members (excludes halogenated alkanes) is 11. The highest BCUT2D eigenvalue weighted by Crippen LogP contribution is 2.18. The highest BCUT2D eigenvalue weighted by Gasteiger charge is 2.27. The molecule has 0 aromatic heterocycles. The minimum Gasteiger partial charge on any atom is -0.478 e. The third-order valence-corrected chi connectivity index (χ3v) is 7.61. The first-order valence-corrected chi connectivity index (χ1v) is 14.3. The highest BCUT2D eigenvalue weighted by molar-refractivity contribution is 6.44. The van der Waals surface area contributed by atoms with E-state index in [-0.39, 0.29) is 0 Å². The van der Waals surface area contributed by atoms with Gasteiger partial charge in [0.1, 0.15) is 0 Å². The van der Waals surface area contributed by atoms with Crippen LogP contribution >= 0.6 is 0 Å². The molecule has 0 aliphatic carbocycles. The number of rotatable bonds is 22. The average molecular weight is 399 g/mol. The molecular weight excluding hydrogens is 347 g/mol. The molecule has 162 valence electrons. The maximum atomic E-state index is 6.61. The molecular formula is C24H51AlO2. The number of hydrogen-bond donors (Lipinski definition) is 0. The second-order valence-corrected chi connectivity index (χ2v) is 10.4. The van der Waals surface area contributed by atoms with Gasteiger partial charge in [-0.2, -0.15) is 0 Å². The Bertz CT molecular complexity index is 273. The quantitative estimate of drug-likeness (QED) is 0.134. The molecule has 0 aliphatic heterocycles. The summed E-state index contributed by atoms with van der Waals surface area (Å²) in [4.78, 5) is 0. The van der Waals surface area contributed by atoms with Crippen molar-refractivity contribution in [2.45, 2.75) is 148 Å². The first kappa shape index (κ1) is 27.5. The van der Waals surface area contributed by atoms with E-state index in [2.05, 4.69) is 27.7 Å². The van der Waals surface area contributed by atoms with Gasteiger partial charge in [-0.1, -0.05) is 118 Å². The van der Waals surface area contributed by atoms with E-state index in [0.717, 1.165) is 6.61 Å². The molecule has 3 heteroatoms. The standard InChI is InChI=1S/C12H25O.C8H17.C4H9O.Al/c1-3-5-6-7-8-9-11-12(13)10-4-2;1-3-5-7-8-6-4-2;1-2-3-4-5;/h12H,3-11H2,1-2H3;1,3-8H2,2H3;2-4H2,1H3;/q-1;;-1;+2. The van der Waals surface area contributed by atoms with Crippen LogP contribution in [0.4, 0.5) is 0 Å². The fourth-order valence-corrected chi connectivity index (χ4v) is 5.74. The van der Waals surface area contributed by atoms with Gasteiger partial charge < -0.3 is 7.58 Å². The van der Waals surface area contributed by atoms with E-state index in [9.17, 15) is 0 Å². The van der Waals surface area contributed by atoms with Crippen molar-refractivity contribution >= 4 is 14.8 Å². The summed E-state index contributed by atoms with van der Waals surface area (Å²) in [7, 11) is 0. The van der Waals surface area contributed by atoms with E-state index >= 15 is 0 Å². The Balaban J connectivity index is 4.17. The predicted molar refractivity (Wildman–Crippen MR) is 123 cm³/mol. The molecule has 0 spiro atoms. The van der Waals surface area contributed by atoms with E-state index < -0.39 is 14.8 Å². The van der Waals surface area contributed by atoms with Gasteiger partial charge in [-0.25, -0.2) is 0 Å². The minimum atomic E-state index is -1.48. The van der Waals surface area contributed by atoms with Gasteiger partial charge in [-0.05, 0) is 24.5 Å². The van der Waals surface area contributed by atoms with Gasteiger partial charge in [-0.15, -0.1) is 0 Å². The summed E-state index contributed by atoms with van der Waals surface area (Å²) in [5, 5.41) is 1.21. The van der Waals surface area contributed by atoms with Gasteiger partial charge in [-0.3, -0.25) is 0 Å². The van der Waals surface area contributed by atoms with E-state index in [1.54, 1.807) is 0 Å². The lowest BCUT2D eigenvalue weighted by atomic mass is 10.0. The molecule has 0 fully saturated rings. The van der Waals surface area contributed by atoms with Crippen LogP contribution in [-0.4, -0.2) is 27.5 Å². The predicted octanol–water partition coefficient (Wildman–Crippen LogP) is 8.59. The Morgan fingerprint density at radius 3 is 1.70 bits per heavy atom. The monoisotopic (exact) mass is 398 g/mol. The Kier molecular flexibility index (Phi) is 23.1. The van der Waals surface area contributed by atoms with Gasteiger partial charge in [0.25, 0.3) is 0 Å². The molecule has 1 unspecified atom stereocenters. The summed E-state index contributed by atoms with van der Waals surface area (Å²) in [6.45, 7) is 10.0. The van der Waals surface area contributed by atoms with E-state index in [1.807, 2.05) is 0 Å². The minimum absolute atomic E-state index is 0.458. The summed E-state index contributed by atoms with van der Waals surface area (Å²) < 4.78 is 12.9. The van der Waals surface area contributed by atoms with Crippen LogP contribution in [0.1, 0.15) is 137 Å². The van der Waals surface area contributed by atoms with E-state index in [4.69, 9.17) is 7.58 Å². The van der Waals surface area contributed by atoms with Crippen LogP contribution in [0.3, 0.4) is 0 Å². The Labute approximate surface area is 177 Å². The van der Waals surface area contributed by atoms with Crippen LogP contribution in [-0.2, 0) is 7.58 Å². The van der Waals surface area contributed by atoms with Gasteiger partial charge in [0.15, 0.2) is 0 Å². The van der Waals surface area contributed by atoms with Crippen molar-refractivity contribution in [3.63, 3.8) is 0 Å². The van der Waals surface area contributed by atoms with Crippen molar-refractivity contribution in [1.82, 2.24) is 0 Å². The molecule has 0 bridgehead atoms. The zero-order chi connectivity index (χ0) is 20.0. The van der Waals surface area contributed by atoms with Gasteiger partial charge in [0.2, 0.25) is 0 Å². The van der Waals surface area contributed by atoms with Crippen LogP contribution in [0.15, 0.2) is 0 Å². The summed E-state index contributed by atoms with van der Waals surface area (Å²) in [5.41, 5.74) is 0. The molecule has 0 aliphatic rings. The van der Waals surface area contributed by atoms with Crippen molar-refractivity contribution in [1.29, 1.82) is 0 Å². The Morgan fingerprint density at radius 2 is 1.11 bits per heavy atom. The summed E-state index contributed by atoms with van der Waals surface area (Å²) >= 11 is -1.48. The normalized spacial score (nSPS) is 12.4. The number of hydrogen-bond acceptors (Lipinski definition) is 2. The van der Waals surface area contributed by atoms with Crippen LogP contribution < -0.4 is 0 Å². The molecule has 0 heterocycles. The molecule has 1 atom stereocenters. The topological polar surface area (TPSA) is 18.5 Å². The zero-order valence-corrected chi connectivity index (χ0v) is 20.6. The molecule has 0 amide bonds. The van der Waals surface area contributed by atoms with Crippen LogP contribution in [0.5, 0.6) is 0 Å². The van der Waals surface area contributed by atoms with Crippen LogP contribution in [0, 0.1) is 0 Å². The van der Waals surface area contributed by atoms with Crippen molar-refractivity contribution in [2.75, 3.05) is 6.61 Å². The average Bonchev–Trinajstić information content (AvgIpc) is 2.67. The zero-order valence-electron chi connectivity index (χ0n) is 19.4. The molecule has 0 saturated carbocycles. The third kappa shape index (κ3) is 19.5. The first-order chi connectivity index (χ1) is 13.3. The van der Waals surface area contributed by atoms with Gasteiger partial charge in [0.05, 0.1) is 0 Å². The largest absolute Gasteiger partial charge is 0.674 e. The molecule has 0 aromatic carbocycles. The van der Waals surface area contributed by atoms with Crippen molar-refractivity contribution in [2.24, 2.45) is 0 Å². The van der Waals surface area contributed by atoms with Crippen LogP contribution in [0.25, 0.3) is 0 Å². The fraction of sp³-hybridized carbons (Fsp3) is 1.00. The summed E-state index contributed by atoms with van der Waals surface area (Å²) in [6, 6.07) is 0. The molecule has 0 N–H and O–H groups in total. The van der Waals surface area contributed by atoms with Crippen molar-refractivity contribution in [3.8, 4) is 0 Å². The van der Waals surface area contributed by atoms with Crippen molar-refractivity contribution < 1.29 is 7.58 Å². The smallest absolute Gasteiger partial charge is 0.478 e. The molecule has 2 nitrogen and oxygen atoms in total. The SMILES string of the molecule is CCCCCCCCC(CCC)[O][Al]([CH2]CCCCCCC)[O]CCCC. The molecule has 0 rings (SSSR count). The highest BCUT2D eigenvalue weighted by atomic mass is 27.2. The first-order valence-electron chi connectivity index (χ1n) is 12.5. The summed E-state index contributed by atoms with van der Waals surface area (Å²) in [6.07, 6.45) is 23.0. The molecule has 0 radical (unpaired) electrons. The second kappa shape index (κ2) is 22.7. The van der Waals surface area contributed by atoms with E-state index in [1.165, 1.54) is 114 Å². The molecule has 0 saturated heterocycles. The fourth-order valence-electron chi connectivity index (χ4n) is 3.61. The molecule has 0 aromatic rings. The third-order valence-electron chi connectivity index (χ3n) is 5.43. The summed E-state index contributed by atoms with van der Waals surface area (Å²) in [5.74, 6) is 0. The van der Waals surface area contributed by atoms with E-state index in [0.29, 0.717) is 6.10 Å². The lowest BCUT2D eigenvalue weighted by Crippen LogP contribution is -2.29. The lowest BCUT2D eigenvalue weighted by Gasteiger charge is -2.23. The maximum Gasteiger partial charge on any atom is 0.674 e. The molecule has 27 heavy (non-hydrogen) atoms. The Hall–Kier alpha value is 0.452. The van der Waals surface area contributed by atoms with Gasteiger partial charge in [0, 0.05) is 12.7 Å². The Morgan fingerprint density at radius 1 is 0.556 bits per heavy atom.